The van der Waals surface area contributed by atoms with Gasteiger partial charge in [0.25, 0.3) is 0 Å². The van der Waals surface area contributed by atoms with E-state index in [0.29, 0.717) is 32.3 Å². The SMILES string of the molecule is NCC1CN(Cc2cc(F)c(F)cc2F)CCO1. The fourth-order valence-electron chi connectivity index (χ4n) is 1.99. The lowest BCUT2D eigenvalue weighted by Gasteiger charge is -2.32. The standard InChI is InChI=1S/C12H15F3N2O/c13-10-4-12(15)11(14)3-8(10)6-17-1-2-18-9(5-16)7-17/h3-4,9H,1-2,5-7,16H2. The van der Waals surface area contributed by atoms with Crippen LogP contribution in [0.4, 0.5) is 13.2 Å². The number of benzene rings is 1. The third-order valence-corrected chi connectivity index (χ3v) is 2.97. The molecule has 0 bridgehead atoms. The summed E-state index contributed by atoms with van der Waals surface area (Å²) in [6, 6.07) is 1.48. The fourth-order valence-corrected chi connectivity index (χ4v) is 1.99. The van der Waals surface area contributed by atoms with Crippen molar-refractivity contribution in [2.24, 2.45) is 5.73 Å². The molecule has 1 heterocycles. The molecule has 0 spiro atoms. The molecule has 1 aliphatic heterocycles. The van der Waals surface area contributed by atoms with Crippen LogP contribution in [0.15, 0.2) is 12.1 Å². The van der Waals surface area contributed by atoms with Crippen LogP contribution in [0, 0.1) is 17.5 Å². The van der Waals surface area contributed by atoms with Gasteiger partial charge < -0.3 is 10.5 Å². The van der Waals surface area contributed by atoms with Gasteiger partial charge in [0.05, 0.1) is 12.7 Å². The number of ether oxygens (including phenoxy) is 1. The molecule has 0 amide bonds. The predicted octanol–water partition coefficient (Wildman–Crippen LogP) is 1.26. The van der Waals surface area contributed by atoms with Gasteiger partial charge in [-0.3, -0.25) is 4.90 Å². The average Bonchev–Trinajstić information content (AvgIpc) is 2.36. The van der Waals surface area contributed by atoms with Gasteiger partial charge in [-0.15, -0.1) is 0 Å². The van der Waals surface area contributed by atoms with Crippen LogP contribution in [-0.2, 0) is 11.3 Å². The minimum Gasteiger partial charge on any atom is -0.374 e. The van der Waals surface area contributed by atoms with Crippen molar-refractivity contribution < 1.29 is 17.9 Å². The second kappa shape index (κ2) is 5.69. The molecule has 1 aromatic rings. The Morgan fingerprint density at radius 1 is 1.22 bits per heavy atom. The van der Waals surface area contributed by atoms with E-state index < -0.39 is 17.5 Å². The van der Waals surface area contributed by atoms with Crippen LogP contribution in [0.1, 0.15) is 5.56 Å². The molecule has 0 saturated carbocycles. The Morgan fingerprint density at radius 2 is 1.94 bits per heavy atom. The fraction of sp³-hybridized carbons (Fsp3) is 0.500. The second-order valence-corrected chi connectivity index (χ2v) is 4.32. The zero-order valence-electron chi connectivity index (χ0n) is 9.83. The number of rotatable bonds is 3. The molecule has 0 radical (unpaired) electrons. The van der Waals surface area contributed by atoms with E-state index in [2.05, 4.69) is 0 Å². The van der Waals surface area contributed by atoms with Crippen LogP contribution in [0.2, 0.25) is 0 Å². The Balaban J connectivity index is 2.07. The molecule has 2 rings (SSSR count). The van der Waals surface area contributed by atoms with Crippen molar-refractivity contribution in [1.29, 1.82) is 0 Å². The summed E-state index contributed by atoms with van der Waals surface area (Å²) in [6.45, 7) is 2.30. The highest BCUT2D eigenvalue weighted by Crippen LogP contribution is 2.17. The van der Waals surface area contributed by atoms with Gasteiger partial charge in [0, 0.05) is 37.8 Å². The molecule has 18 heavy (non-hydrogen) atoms. The van der Waals surface area contributed by atoms with Gasteiger partial charge >= 0.3 is 0 Å². The first kappa shape index (κ1) is 13.3. The monoisotopic (exact) mass is 260 g/mol. The van der Waals surface area contributed by atoms with Crippen molar-refractivity contribution >= 4 is 0 Å². The van der Waals surface area contributed by atoms with E-state index in [1.54, 1.807) is 0 Å². The molecule has 2 N–H and O–H groups in total. The van der Waals surface area contributed by atoms with Crippen molar-refractivity contribution in [3.05, 3.63) is 35.1 Å². The summed E-state index contributed by atoms with van der Waals surface area (Å²) in [5, 5.41) is 0. The van der Waals surface area contributed by atoms with Crippen molar-refractivity contribution in [2.45, 2.75) is 12.6 Å². The summed E-state index contributed by atoms with van der Waals surface area (Å²) in [6.07, 6.45) is -0.0906. The highest BCUT2D eigenvalue weighted by atomic mass is 19.2. The Morgan fingerprint density at radius 3 is 2.67 bits per heavy atom. The highest BCUT2D eigenvalue weighted by Gasteiger charge is 2.21. The first-order valence-corrected chi connectivity index (χ1v) is 5.77. The van der Waals surface area contributed by atoms with Gasteiger partial charge in [-0.05, 0) is 6.07 Å². The van der Waals surface area contributed by atoms with Crippen LogP contribution < -0.4 is 5.73 Å². The number of hydrogen-bond acceptors (Lipinski definition) is 3. The smallest absolute Gasteiger partial charge is 0.161 e. The molecule has 1 aromatic carbocycles. The third-order valence-electron chi connectivity index (χ3n) is 2.97. The van der Waals surface area contributed by atoms with Gasteiger partial charge in [0.15, 0.2) is 11.6 Å². The predicted molar refractivity (Wildman–Crippen MR) is 60.4 cm³/mol. The Labute approximate surface area is 103 Å². The van der Waals surface area contributed by atoms with E-state index in [0.717, 1.165) is 6.07 Å². The molecular weight excluding hydrogens is 245 g/mol. The summed E-state index contributed by atoms with van der Waals surface area (Å²) in [7, 11) is 0. The van der Waals surface area contributed by atoms with Gasteiger partial charge in [0.2, 0.25) is 0 Å². The molecule has 1 saturated heterocycles. The molecule has 1 atom stereocenters. The first-order chi connectivity index (χ1) is 8.60. The van der Waals surface area contributed by atoms with Crippen LogP contribution in [0.3, 0.4) is 0 Å². The van der Waals surface area contributed by atoms with E-state index in [4.69, 9.17) is 10.5 Å². The summed E-state index contributed by atoms with van der Waals surface area (Å²) in [4.78, 5) is 1.91. The number of nitrogens with zero attached hydrogens (tertiary/aromatic N) is 1. The molecule has 1 aliphatic rings. The lowest BCUT2D eigenvalue weighted by molar-refractivity contribution is -0.0263. The second-order valence-electron chi connectivity index (χ2n) is 4.32. The number of nitrogens with two attached hydrogens (primary N) is 1. The quantitative estimate of drug-likeness (QED) is 0.832. The number of halogens is 3. The highest BCUT2D eigenvalue weighted by molar-refractivity contribution is 5.20. The van der Waals surface area contributed by atoms with Gasteiger partial charge in [0.1, 0.15) is 5.82 Å². The largest absolute Gasteiger partial charge is 0.374 e. The summed E-state index contributed by atoms with van der Waals surface area (Å²) < 4.78 is 44.7. The molecule has 0 aromatic heterocycles. The zero-order chi connectivity index (χ0) is 13.1. The normalized spacial score (nSPS) is 21.2. The summed E-state index contributed by atoms with van der Waals surface area (Å²) in [5.41, 5.74) is 5.64. The maximum Gasteiger partial charge on any atom is 0.161 e. The van der Waals surface area contributed by atoms with E-state index in [9.17, 15) is 13.2 Å². The number of morpholine rings is 1. The summed E-state index contributed by atoms with van der Waals surface area (Å²) >= 11 is 0. The first-order valence-electron chi connectivity index (χ1n) is 5.77. The Bertz CT molecular complexity index is 428. The van der Waals surface area contributed by atoms with E-state index in [-0.39, 0.29) is 18.2 Å². The third kappa shape index (κ3) is 3.01. The van der Waals surface area contributed by atoms with Gasteiger partial charge in [-0.1, -0.05) is 0 Å². The minimum atomic E-state index is -1.17. The van der Waals surface area contributed by atoms with Crippen molar-refractivity contribution in [3.8, 4) is 0 Å². The maximum absolute atomic E-state index is 13.5. The molecule has 6 heteroatoms. The molecule has 100 valence electrons. The van der Waals surface area contributed by atoms with E-state index in [1.165, 1.54) is 0 Å². The Hall–Kier alpha value is -1.11. The zero-order valence-corrected chi connectivity index (χ0v) is 9.83. The van der Waals surface area contributed by atoms with Crippen LogP contribution in [0.25, 0.3) is 0 Å². The summed E-state index contributed by atoms with van der Waals surface area (Å²) in [5.74, 6) is -2.93. The molecule has 0 aliphatic carbocycles. The van der Waals surface area contributed by atoms with E-state index >= 15 is 0 Å². The maximum atomic E-state index is 13.5. The van der Waals surface area contributed by atoms with Crippen LogP contribution >= 0.6 is 0 Å². The molecular formula is C12H15F3N2O. The van der Waals surface area contributed by atoms with Crippen LogP contribution in [0.5, 0.6) is 0 Å². The average molecular weight is 260 g/mol. The van der Waals surface area contributed by atoms with Gasteiger partial charge in [-0.2, -0.15) is 0 Å². The van der Waals surface area contributed by atoms with Gasteiger partial charge in [-0.25, -0.2) is 13.2 Å². The topological polar surface area (TPSA) is 38.5 Å². The molecule has 1 unspecified atom stereocenters. The molecule has 3 nitrogen and oxygen atoms in total. The Kier molecular flexibility index (Phi) is 4.21. The van der Waals surface area contributed by atoms with Crippen LogP contribution in [-0.4, -0.2) is 37.2 Å². The van der Waals surface area contributed by atoms with Crippen molar-refractivity contribution in [2.75, 3.05) is 26.2 Å². The number of hydrogen-bond donors (Lipinski definition) is 1. The lowest BCUT2D eigenvalue weighted by Crippen LogP contribution is -2.45. The lowest BCUT2D eigenvalue weighted by atomic mass is 10.1. The minimum absolute atomic E-state index is 0.0906. The molecule has 1 fully saturated rings. The van der Waals surface area contributed by atoms with Crippen molar-refractivity contribution in [1.82, 2.24) is 4.90 Å². The van der Waals surface area contributed by atoms with Crippen molar-refractivity contribution in [3.63, 3.8) is 0 Å². The van der Waals surface area contributed by atoms with E-state index in [1.807, 2.05) is 4.90 Å².